The lowest BCUT2D eigenvalue weighted by Crippen LogP contribution is -2.25. The maximum atomic E-state index is 13.0. The fourth-order valence-electron chi connectivity index (χ4n) is 3.02. The minimum atomic E-state index is -0.211. The molecule has 0 unspecified atom stereocenters. The molecule has 1 atom stereocenters. The summed E-state index contributed by atoms with van der Waals surface area (Å²) in [6.07, 6.45) is 3.53. The van der Waals surface area contributed by atoms with Gasteiger partial charge in [-0.1, -0.05) is 17.7 Å². The second-order valence-electron chi connectivity index (χ2n) is 5.59. The minimum Gasteiger partial charge on any atom is -0.298 e. The number of hydrogen-bond acceptors (Lipinski definition) is 3. The molecule has 0 spiro atoms. The Morgan fingerprint density at radius 3 is 2.83 bits per heavy atom. The number of aromatic nitrogens is 5. The van der Waals surface area contributed by atoms with Crippen molar-refractivity contribution in [3.63, 3.8) is 0 Å². The summed E-state index contributed by atoms with van der Waals surface area (Å²) < 4.78 is 3.37. The summed E-state index contributed by atoms with van der Waals surface area (Å²) in [7, 11) is 1.81. The van der Waals surface area contributed by atoms with Gasteiger partial charge in [-0.2, -0.15) is 10.2 Å². The van der Waals surface area contributed by atoms with Crippen LogP contribution in [0, 0.1) is 0 Å². The van der Waals surface area contributed by atoms with Crippen LogP contribution in [0.3, 0.4) is 0 Å². The Morgan fingerprint density at radius 1 is 1.26 bits per heavy atom. The van der Waals surface area contributed by atoms with Gasteiger partial charge in [0.15, 0.2) is 5.52 Å². The number of nitrogens with one attached hydrogen (secondary N) is 1. The van der Waals surface area contributed by atoms with Crippen LogP contribution in [-0.2, 0) is 7.05 Å². The Balaban J connectivity index is 2.17. The summed E-state index contributed by atoms with van der Waals surface area (Å²) in [6, 6.07) is 7.22. The predicted molar refractivity (Wildman–Crippen MR) is 89.9 cm³/mol. The van der Waals surface area contributed by atoms with Crippen LogP contribution in [0.1, 0.15) is 18.7 Å². The molecule has 0 amide bonds. The molecule has 1 aromatic carbocycles. The third kappa shape index (κ3) is 2.06. The first-order valence-corrected chi connectivity index (χ1v) is 7.60. The van der Waals surface area contributed by atoms with Crippen molar-refractivity contribution in [2.45, 2.75) is 13.0 Å². The molecule has 116 valence electrons. The van der Waals surface area contributed by atoms with E-state index in [4.69, 9.17) is 11.6 Å². The van der Waals surface area contributed by atoms with Crippen molar-refractivity contribution < 1.29 is 0 Å². The Morgan fingerprint density at radius 2 is 2.09 bits per heavy atom. The molecule has 0 fully saturated rings. The zero-order valence-corrected chi connectivity index (χ0v) is 13.4. The summed E-state index contributed by atoms with van der Waals surface area (Å²) in [6.45, 7) is 1.95. The maximum absolute atomic E-state index is 13.0. The van der Waals surface area contributed by atoms with Crippen molar-refractivity contribution in [2.24, 2.45) is 7.05 Å². The number of benzene rings is 1. The highest BCUT2D eigenvalue weighted by Gasteiger charge is 2.19. The normalized spacial score (nSPS) is 13.0. The van der Waals surface area contributed by atoms with Crippen LogP contribution < -0.4 is 5.56 Å². The Hall–Kier alpha value is -2.60. The summed E-state index contributed by atoms with van der Waals surface area (Å²) in [5, 5.41) is 13.6. The average molecular weight is 328 g/mol. The van der Waals surface area contributed by atoms with E-state index in [1.807, 2.05) is 44.4 Å². The number of H-pyrrole nitrogens is 1. The largest absolute Gasteiger partial charge is 0.298 e. The highest BCUT2D eigenvalue weighted by molar-refractivity contribution is 6.31. The van der Waals surface area contributed by atoms with Gasteiger partial charge in [-0.3, -0.25) is 19.1 Å². The van der Waals surface area contributed by atoms with Gasteiger partial charge in [-0.25, -0.2) is 0 Å². The van der Waals surface area contributed by atoms with E-state index >= 15 is 0 Å². The lowest BCUT2D eigenvalue weighted by Gasteiger charge is -2.17. The van der Waals surface area contributed by atoms with Crippen LogP contribution in [0.5, 0.6) is 0 Å². The van der Waals surface area contributed by atoms with Crippen LogP contribution in [-0.4, -0.2) is 24.5 Å². The monoisotopic (exact) mass is 327 g/mol. The Labute approximate surface area is 136 Å². The van der Waals surface area contributed by atoms with Crippen LogP contribution in [0.15, 0.2) is 41.5 Å². The van der Waals surface area contributed by atoms with E-state index in [9.17, 15) is 4.79 Å². The Kier molecular flexibility index (Phi) is 3.02. The zero-order chi connectivity index (χ0) is 16.1. The predicted octanol–water partition coefficient (Wildman–Crippen LogP) is 2.87. The van der Waals surface area contributed by atoms with Gasteiger partial charge >= 0.3 is 0 Å². The molecule has 0 aliphatic carbocycles. The second kappa shape index (κ2) is 4.96. The van der Waals surface area contributed by atoms with Crippen molar-refractivity contribution in [1.29, 1.82) is 0 Å². The van der Waals surface area contributed by atoms with E-state index in [1.165, 1.54) is 0 Å². The van der Waals surface area contributed by atoms with Gasteiger partial charge in [0.2, 0.25) is 0 Å². The number of fused-ring (bicyclic) bond motifs is 3. The first kappa shape index (κ1) is 14.0. The molecule has 3 aromatic heterocycles. The fourth-order valence-corrected chi connectivity index (χ4v) is 3.19. The molecule has 0 aliphatic rings. The molecule has 4 rings (SSSR count). The van der Waals surface area contributed by atoms with Crippen molar-refractivity contribution in [3.8, 4) is 0 Å². The average Bonchev–Trinajstić information content (AvgIpc) is 3.16. The lowest BCUT2D eigenvalue weighted by atomic mass is 10.1. The van der Waals surface area contributed by atoms with Gasteiger partial charge in [0.1, 0.15) is 0 Å². The van der Waals surface area contributed by atoms with Crippen molar-refractivity contribution in [2.75, 3.05) is 0 Å². The first-order valence-electron chi connectivity index (χ1n) is 7.22. The molecule has 4 aromatic rings. The van der Waals surface area contributed by atoms with Gasteiger partial charge < -0.3 is 0 Å². The molecular formula is C16H14ClN5O. The summed E-state index contributed by atoms with van der Waals surface area (Å²) in [5.41, 5.74) is 1.94. The summed E-state index contributed by atoms with van der Waals surface area (Å²) in [4.78, 5) is 13.0. The fraction of sp³-hybridized carbons (Fsp3) is 0.188. The van der Waals surface area contributed by atoms with E-state index in [2.05, 4.69) is 15.3 Å². The van der Waals surface area contributed by atoms with Gasteiger partial charge in [-0.15, -0.1) is 0 Å². The van der Waals surface area contributed by atoms with Crippen molar-refractivity contribution in [3.05, 3.63) is 57.7 Å². The number of aromatic amines is 1. The van der Waals surface area contributed by atoms with E-state index in [0.29, 0.717) is 10.5 Å². The van der Waals surface area contributed by atoms with Crippen LogP contribution >= 0.6 is 11.6 Å². The number of rotatable bonds is 2. The molecule has 0 saturated carbocycles. The molecule has 23 heavy (non-hydrogen) atoms. The minimum absolute atomic E-state index is 0.141. The van der Waals surface area contributed by atoms with Crippen molar-refractivity contribution in [1.82, 2.24) is 24.5 Å². The highest BCUT2D eigenvalue weighted by atomic mass is 35.5. The molecule has 6 nitrogen and oxygen atoms in total. The van der Waals surface area contributed by atoms with Crippen LogP contribution in [0.25, 0.3) is 21.8 Å². The topological polar surface area (TPSA) is 68.5 Å². The van der Waals surface area contributed by atoms with Gasteiger partial charge in [0, 0.05) is 35.2 Å². The summed E-state index contributed by atoms with van der Waals surface area (Å²) >= 11 is 6.17. The third-order valence-electron chi connectivity index (χ3n) is 4.12. The van der Waals surface area contributed by atoms with Gasteiger partial charge in [0.05, 0.1) is 17.3 Å². The number of pyridine rings is 1. The molecule has 0 radical (unpaired) electrons. The second-order valence-corrected chi connectivity index (χ2v) is 6.03. The Bertz CT molecular complexity index is 1080. The quantitative estimate of drug-likeness (QED) is 0.615. The zero-order valence-electron chi connectivity index (χ0n) is 12.6. The number of nitrogens with zero attached hydrogens (tertiary/aromatic N) is 4. The molecule has 0 aliphatic heterocycles. The summed E-state index contributed by atoms with van der Waals surface area (Å²) in [5.74, 6) is 0. The van der Waals surface area contributed by atoms with Crippen LogP contribution in [0.2, 0.25) is 5.02 Å². The van der Waals surface area contributed by atoms with Gasteiger partial charge in [-0.05, 0) is 25.1 Å². The number of aryl methyl sites for hydroxylation is 1. The smallest absolute Gasteiger partial charge is 0.280 e. The highest BCUT2D eigenvalue weighted by Crippen LogP contribution is 2.28. The van der Waals surface area contributed by atoms with Crippen LogP contribution in [0.4, 0.5) is 0 Å². The lowest BCUT2D eigenvalue weighted by molar-refractivity contribution is 0.620. The van der Waals surface area contributed by atoms with E-state index < -0.39 is 0 Å². The van der Waals surface area contributed by atoms with Gasteiger partial charge in [0.25, 0.3) is 5.56 Å². The molecule has 7 heteroatoms. The molecule has 0 bridgehead atoms. The van der Waals surface area contributed by atoms with E-state index in [1.54, 1.807) is 15.4 Å². The molecule has 0 saturated heterocycles. The van der Waals surface area contributed by atoms with E-state index in [-0.39, 0.29) is 11.6 Å². The SMILES string of the molecule is C[C@H](c1ccn[nH]1)n1c(=O)c2nn(C)cc2c2ccc(Cl)cc21. The van der Waals surface area contributed by atoms with E-state index in [0.717, 1.165) is 22.0 Å². The standard InChI is InChI=1S/C16H14ClN5O/c1-9(13-5-6-18-19-13)22-14-7-10(17)3-4-11(14)12-8-21(2)20-15(12)16(22)23/h3-9H,1-2H3,(H,18,19)/t9-/m1/s1. The molecule has 1 N–H and O–H groups in total. The first-order chi connectivity index (χ1) is 11.1. The number of hydrogen-bond donors (Lipinski definition) is 1. The van der Waals surface area contributed by atoms with Crippen molar-refractivity contribution >= 4 is 33.4 Å². The third-order valence-corrected chi connectivity index (χ3v) is 4.35. The molecule has 3 heterocycles. The number of halogens is 1. The molecular weight excluding hydrogens is 314 g/mol. The maximum Gasteiger partial charge on any atom is 0.280 e.